The SMILES string of the molecule is Cc1cc(Nc2cc(C)c(C)c(C)c2)cc(C)c1C. The number of rotatable bonds is 2. The third-order valence-electron chi connectivity index (χ3n) is 4.14. The fourth-order valence-corrected chi connectivity index (χ4v) is 2.38. The van der Waals surface area contributed by atoms with Crippen molar-refractivity contribution < 1.29 is 0 Å². The first-order valence-electron chi connectivity index (χ1n) is 6.81. The van der Waals surface area contributed by atoms with Crippen molar-refractivity contribution in [3.05, 3.63) is 57.6 Å². The summed E-state index contributed by atoms with van der Waals surface area (Å²) in [5.41, 5.74) is 10.4. The maximum Gasteiger partial charge on any atom is 0.0389 e. The molecule has 0 heterocycles. The Balaban J connectivity index is 2.36. The summed E-state index contributed by atoms with van der Waals surface area (Å²) in [5, 5.41) is 3.52. The normalized spacial score (nSPS) is 10.6. The van der Waals surface area contributed by atoms with Crippen molar-refractivity contribution in [1.29, 1.82) is 0 Å². The molecule has 0 spiro atoms. The van der Waals surface area contributed by atoms with E-state index in [1.165, 1.54) is 44.8 Å². The van der Waals surface area contributed by atoms with Gasteiger partial charge in [0.1, 0.15) is 0 Å². The van der Waals surface area contributed by atoms with E-state index >= 15 is 0 Å². The van der Waals surface area contributed by atoms with Crippen LogP contribution in [-0.2, 0) is 0 Å². The Morgan fingerprint density at radius 1 is 0.526 bits per heavy atom. The third kappa shape index (κ3) is 2.81. The molecule has 0 unspecified atom stereocenters. The highest BCUT2D eigenvalue weighted by atomic mass is 14.9. The number of nitrogens with one attached hydrogen (secondary N) is 1. The lowest BCUT2D eigenvalue weighted by Gasteiger charge is -2.14. The van der Waals surface area contributed by atoms with Crippen LogP contribution in [-0.4, -0.2) is 0 Å². The molecule has 0 atom stereocenters. The summed E-state index contributed by atoms with van der Waals surface area (Å²) in [6, 6.07) is 8.86. The van der Waals surface area contributed by atoms with E-state index in [4.69, 9.17) is 0 Å². The van der Waals surface area contributed by atoms with Crippen molar-refractivity contribution >= 4 is 11.4 Å². The van der Waals surface area contributed by atoms with Gasteiger partial charge < -0.3 is 5.32 Å². The van der Waals surface area contributed by atoms with Gasteiger partial charge in [0, 0.05) is 11.4 Å². The van der Waals surface area contributed by atoms with Crippen molar-refractivity contribution in [2.24, 2.45) is 0 Å². The standard InChI is InChI=1S/C18H23N/c1-11-7-17(8-12(2)15(11)5)19-18-9-13(3)16(6)14(4)10-18/h7-10,19H,1-6H3. The van der Waals surface area contributed by atoms with Gasteiger partial charge in [0.15, 0.2) is 0 Å². The second-order valence-corrected chi connectivity index (χ2v) is 5.60. The van der Waals surface area contributed by atoms with E-state index in [1.54, 1.807) is 0 Å². The van der Waals surface area contributed by atoms with Gasteiger partial charge in [-0.3, -0.25) is 0 Å². The molecular formula is C18H23N. The number of hydrogen-bond donors (Lipinski definition) is 1. The Morgan fingerprint density at radius 2 is 0.789 bits per heavy atom. The molecule has 1 heteroatoms. The van der Waals surface area contributed by atoms with Crippen molar-refractivity contribution in [1.82, 2.24) is 0 Å². The van der Waals surface area contributed by atoms with E-state index < -0.39 is 0 Å². The van der Waals surface area contributed by atoms with Crippen LogP contribution in [0.4, 0.5) is 11.4 Å². The molecule has 1 N–H and O–H groups in total. The van der Waals surface area contributed by atoms with Gasteiger partial charge in [0.25, 0.3) is 0 Å². The first-order valence-corrected chi connectivity index (χ1v) is 6.81. The Kier molecular flexibility index (Phi) is 3.66. The van der Waals surface area contributed by atoms with Gasteiger partial charge in [0.2, 0.25) is 0 Å². The zero-order chi connectivity index (χ0) is 14.2. The van der Waals surface area contributed by atoms with Gasteiger partial charge in [0.05, 0.1) is 0 Å². The Morgan fingerprint density at radius 3 is 1.05 bits per heavy atom. The van der Waals surface area contributed by atoms with Crippen LogP contribution < -0.4 is 5.32 Å². The average molecular weight is 253 g/mol. The highest BCUT2D eigenvalue weighted by molar-refractivity contribution is 5.64. The van der Waals surface area contributed by atoms with Crippen LogP contribution in [0, 0.1) is 41.5 Å². The maximum absolute atomic E-state index is 3.52. The predicted octanol–water partition coefficient (Wildman–Crippen LogP) is 5.28. The van der Waals surface area contributed by atoms with Gasteiger partial charge >= 0.3 is 0 Å². The Bertz CT molecular complexity index is 522. The molecule has 19 heavy (non-hydrogen) atoms. The molecule has 1 nitrogen and oxygen atoms in total. The molecule has 0 aliphatic heterocycles. The first-order chi connectivity index (χ1) is 8.88. The molecule has 2 aromatic carbocycles. The highest BCUT2D eigenvalue weighted by Crippen LogP contribution is 2.25. The zero-order valence-corrected chi connectivity index (χ0v) is 12.8. The van der Waals surface area contributed by atoms with E-state index in [-0.39, 0.29) is 0 Å². The first kappa shape index (κ1) is 13.7. The molecule has 0 fully saturated rings. The number of anilines is 2. The molecule has 2 rings (SSSR count). The molecule has 0 saturated carbocycles. The minimum absolute atomic E-state index is 1.17. The number of aryl methyl sites for hydroxylation is 4. The van der Waals surface area contributed by atoms with Gasteiger partial charge in [-0.2, -0.15) is 0 Å². The van der Waals surface area contributed by atoms with Gasteiger partial charge in [-0.1, -0.05) is 0 Å². The van der Waals surface area contributed by atoms with Gasteiger partial charge in [-0.15, -0.1) is 0 Å². The summed E-state index contributed by atoms with van der Waals surface area (Å²) in [4.78, 5) is 0. The van der Waals surface area contributed by atoms with Crippen LogP contribution in [0.1, 0.15) is 33.4 Å². The third-order valence-corrected chi connectivity index (χ3v) is 4.14. The van der Waals surface area contributed by atoms with Crippen molar-refractivity contribution in [2.75, 3.05) is 5.32 Å². The molecule has 0 amide bonds. The lowest BCUT2D eigenvalue weighted by Crippen LogP contribution is -1.96. The number of hydrogen-bond acceptors (Lipinski definition) is 1. The van der Waals surface area contributed by atoms with Crippen molar-refractivity contribution in [3.63, 3.8) is 0 Å². The summed E-state index contributed by atoms with van der Waals surface area (Å²) in [6.45, 7) is 13.0. The van der Waals surface area contributed by atoms with E-state index in [1.807, 2.05) is 0 Å². The molecule has 2 aromatic rings. The molecule has 0 aliphatic carbocycles. The average Bonchev–Trinajstić information content (AvgIpc) is 2.33. The van der Waals surface area contributed by atoms with Gasteiger partial charge in [-0.25, -0.2) is 0 Å². The molecule has 0 radical (unpaired) electrons. The van der Waals surface area contributed by atoms with Gasteiger partial charge in [-0.05, 0) is 99.2 Å². The molecule has 0 bridgehead atoms. The summed E-state index contributed by atoms with van der Waals surface area (Å²) in [5.74, 6) is 0. The smallest absolute Gasteiger partial charge is 0.0389 e. The zero-order valence-electron chi connectivity index (χ0n) is 12.8. The predicted molar refractivity (Wildman–Crippen MR) is 84.6 cm³/mol. The lowest BCUT2D eigenvalue weighted by atomic mass is 10.0. The van der Waals surface area contributed by atoms with Crippen molar-refractivity contribution in [3.8, 4) is 0 Å². The summed E-state index contributed by atoms with van der Waals surface area (Å²) < 4.78 is 0. The molecule has 0 aliphatic rings. The minimum Gasteiger partial charge on any atom is -0.355 e. The molecular weight excluding hydrogens is 230 g/mol. The molecule has 0 aromatic heterocycles. The van der Waals surface area contributed by atoms with Crippen LogP contribution >= 0.6 is 0 Å². The topological polar surface area (TPSA) is 12.0 Å². The molecule has 0 saturated heterocycles. The van der Waals surface area contributed by atoms with Crippen molar-refractivity contribution in [2.45, 2.75) is 41.5 Å². The number of benzene rings is 2. The Labute approximate surface area is 116 Å². The fraction of sp³-hybridized carbons (Fsp3) is 0.333. The van der Waals surface area contributed by atoms with E-state index in [0.29, 0.717) is 0 Å². The van der Waals surface area contributed by atoms with Crippen LogP contribution in [0.2, 0.25) is 0 Å². The van der Waals surface area contributed by atoms with Crippen LogP contribution in [0.3, 0.4) is 0 Å². The van der Waals surface area contributed by atoms with Crippen LogP contribution in [0.25, 0.3) is 0 Å². The molecule has 100 valence electrons. The quantitative estimate of drug-likeness (QED) is 0.767. The second-order valence-electron chi connectivity index (χ2n) is 5.60. The van der Waals surface area contributed by atoms with E-state index in [2.05, 4.69) is 71.1 Å². The van der Waals surface area contributed by atoms with E-state index in [9.17, 15) is 0 Å². The van der Waals surface area contributed by atoms with E-state index in [0.717, 1.165) is 0 Å². The minimum atomic E-state index is 1.17. The Hall–Kier alpha value is -1.76. The summed E-state index contributed by atoms with van der Waals surface area (Å²) >= 11 is 0. The summed E-state index contributed by atoms with van der Waals surface area (Å²) in [7, 11) is 0. The van der Waals surface area contributed by atoms with Crippen LogP contribution in [0.15, 0.2) is 24.3 Å². The largest absolute Gasteiger partial charge is 0.355 e. The lowest BCUT2D eigenvalue weighted by molar-refractivity contribution is 1.25. The highest BCUT2D eigenvalue weighted by Gasteiger charge is 2.04. The summed E-state index contributed by atoms with van der Waals surface area (Å²) in [6.07, 6.45) is 0. The maximum atomic E-state index is 3.52. The van der Waals surface area contributed by atoms with Crippen LogP contribution in [0.5, 0.6) is 0 Å². The second kappa shape index (κ2) is 5.08. The fourth-order valence-electron chi connectivity index (χ4n) is 2.38. The monoisotopic (exact) mass is 253 g/mol.